The summed E-state index contributed by atoms with van der Waals surface area (Å²) < 4.78 is 0. The van der Waals surface area contributed by atoms with Crippen molar-refractivity contribution in [1.29, 1.82) is 0 Å². The van der Waals surface area contributed by atoms with Gasteiger partial charge in [-0.2, -0.15) is 0 Å². The van der Waals surface area contributed by atoms with Gasteiger partial charge in [-0.1, -0.05) is 35.6 Å². The molecule has 1 aliphatic rings. The monoisotopic (exact) mass is 317 g/mol. The average molecular weight is 317 g/mol. The number of amides is 2. The number of nitrogens with zero attached hydrogens (tertiary/aromatic N) is 2. The summed E-state index contributed by atoms with van der Waals surface area (Å²) in [5, 5.41) is 18.5. The lowest BCUT2D eigenvalue weighted by Crippen LogP contribution is -2.47. The van der Waals surface area contributed by atoms with Crippen molar-refractivity contribution in [1.82, 2.24) is 20.8 Å². The van der Waals surface area contributed by atoms with E-state index in [1.165, 1.54) is 11.3 Å². The van der Waals surface area contributed by atoms with Crippen molar-refractivity contribution in [3.8, 4) is 10.6 Å². The lowest BCUT2D eigenvalue weighted by molar-refractivity contribution is 0.245. The van der Waals surface area contributed by atoms with Crippen LogP contribution in [0.3, 0.4) is 0 Å². The first kappa shape index (κ1) is 14.9. The number of rotatable bonds is 3. The Morgan fingerprint density at radius 2 is 2.23 bits per heavy atom. The maximum atomic E-state index is 12.0. The molecule has 1 saturated heterocycles. The van der Waals surface area contributed by atoms with Gasteiger partial charge < -0.3 is 10.6 Å². The van der Waals surface area contributed by atoms with E-state index >= 15 is 0 Å². The molecule has 2 amide bonds. The maximum absolute atomic E-state index is 12.0. The summed E-state index contributed by atoms with van der Waals surface area (Å²) in [6.45, 7) is 3.88. The van der Waals surface area contributed by atoms with Crippen LogP contribution in [0.5, 0.6) is 0 Å². The highest BCUT2D eigenvalue weighted by Crippen LogP contribution is 2.28. The van der Waals surface area contributed by atoms with Crippen LogP contribution in [0.2, 0.25) is 0 Å². The van der Waals surface area contributed by atoms with Gasteiger partial charge in [0.15, 0.2) is 0 Å². The molecule has 0 aliphatic carbocycles. The summed E-state index contributed by atoms with van der Waals surface area (Å²) in [4.78, 5) is 12.0. The Hall–Kier alpha value is -1.99. The molecule has 6 nitrogen and oxygen atoms in total. The number of urea groups is 1. The Labute approximate surface area is 133 Å². The van der Waals surface area contributed by atoms with Crippen LogP contribution in [-0.2, 0) is 0 Å². The number of anilines is 1. The second kappa shape index (κ2) is 6.85. The Balaban J connectivity index is 1.62. The number of nitrogens with one attached hydrogen (secondary N) is 3. The Morgan fingerprint density at radius 3 is 3.00 bits per heavy atom. The number of hydrogen-bond acceptors (Lipinski definition) is 5. The number of benzene rings is 1. The molecule has 3 rings (SSSR count). The molecule has 22 heavy (non-hydrogen) atoms. The van der Waals surface area contributed by atoms with Crippen LogP contribution in [-0.4, -0.2) is 35.4 Å². The largest absolute Gasteiger partial charge is 0.334 e. The fourth-order valence-corrected chi connectivity index (χ4v) is 3.32. The Kier molecular flexibility index (Phi) is 4.65. The number of carbonyl (C=O) groups is 1. The minimum Gasteiger partial charge on any atom is -0.334 e. The van der Waals surface area contributed by atoms with E-state index in [0.717, 1.165) is 42.1 Å². The van der Waals surface area contributed by atoms with Crippen molar-refractivity contribution >= 4 is 22.5 Å². The van der Waals surface area contributed by atoms with Crippen molar-refractivity contribution in [3.63, 3.8) is 0 Å². The molecule has 3 N–H and O–H groups in total. The summed E-state index contributed by atoms with van der Waals surface area (Å²) in [7, 11) is 0. The summed E-state index contributed by atoms with van der Waals surface area (Å²) >= 11 is 1.38. The van der Waals surface area contributed by atoms with Crippen LogP contribution in [0.1, 0.15) is 18.4 Å². The molecule has 0 bridgehead atoms. The SMILES string of the molecule is Cc1ccccc1-c1nnc(NC(=O)N[C@H]2CCCNC2)s1. The van der Waals surface area contributed by atoms with Gasteiger partial charge in [0, 0.05) is 18.2 Å². The van der Waals surface area contributed by atoms with Crippen LogP contribution >= 0.6 is 11.3 Å². The van der Waals surface area contributed by atoms with Gasteiger partial charge >= 0.3 is 6.03 Å². The van der Waals surface area contributed by atoms with Gasteiger partial charge in [0.25, 0.3) is 0 Å². The number of piperidine rings is 1. The molecule has 1 aromatic carbocycles. The van der Waals surface area contributed by atoms with Gasteiger partial charge in [-0.05, 0) is 31.9 Å². The Bertz CT molecular complexity index is 651. The molecule has 0 radical (unpaired) electrons. The van der Waals surface area contributed by atoms with Crippen molar-refractivity contribution in [2.45, 2.75) is 25.8 Å². The van der Waals surface area contributed by atoms with Crippen LogP contribution in [0, 0.1) is 6.92 Å². The zero-order valence-electron chi connectivity index (χ0n) is 12.4. The molecule has 0 spiro atoms. The average Bonchev–Trinajstić information content (AvgIpc) is 2.97. The van der Waals surface area contributed by atoms with Crippen molar-refractivity contribution in [2.75, 3.05) is 18.4 Å². The molecule has 116 valence electrons. The zero-order valence-corrected chi connectivity index (χ0v) is 13.2. The summed E-state index contributed by atoms with van der Waals surface area (Å²) in [5.41, 5.74) is 2.19. The fourth-order valence-electron chi connectivity index (χ4n) is 2.49. The minimum atomic E-state index is -0.221. The van der Waals surface area contributed by atoms with Crippen LogP contribution in [0.25, 0.3) is 10.6 Å². The molecule has 1 aliphatic heterocycles. The second-order valence-electron chi connectivity index (χ2n) is 5.37. The third-order valence-corrected chi connectivity index (χ3v) is 4.53. The smallest absolute Gasteiger partial charge is 0.321 e. The van der Waals surface area contributed by atoms with Gasteiger partial charge in [0.2, 0.25) is 5.13 Å². The normalized spacial score (nSPS) is 18.0. The Morgan fingerprint density at radius 1 is 1.36 bits per heavy atom. The van der Waals surface area contributed by atoms with Crippen molar-refractivity contribution < 1.29 is 4.79 Å². The fraction of sp³-hybridized carbons (Fsp3) is 0.400. The first-order valence-corrected chi connectivity index (χ1v) is 8.22. The van der Waals surface area contributed by atoms with E-state index in [9.17, 15) is 4.79 Å². The lowest BCUT2D eigenvalue weighted by Gasteiger charge is -2.23. The molecule has 2 heterocycles. The quantitative estimate of drug-likeness (QED) is 0.812. The van der Waals surface area contributed by atoms with Gasteiger partial charge in [-0.3, -0.25) is 5.32 Å². The van der Waals surface area contributed by atoms with Gasteiger partial charge in [0.05, 0.1) is 0 Å². The van der Waals surface area contributed by atoms with Crippen LogP contribution < -0.4 is 16.0 Å². The van der Waals surface area contributed by atoms with Crippen molar-refractivity contribution in [2.24, 2.45) is 0 Å². The predicted molar refractivity (Wildman–Crippen MR) is 88.1 cm³/mol. The standard InChI is InChI=1S/C15H19N5OS/c1-10-5-2-3-7-12(10)13-19-20-15(22-13)18-14(21)17-11-6-4-8-16-9-11/h2-3,5,7,11,16H,4,6,8-9H2,1H3,(H2,17,18,20,21)/t11-/m0/s1. The number of hydrogen-bond donors (Lipinski definition) is 3. The van der Waals surface area contributed by atoms with E-state index in [2.05, 4.69) is 26.1 Å². The molecule has 7 heteroatoms. The molecular formula is C15H19N5OS. The zero-order chi connectivity index (χ0) is 15.4. The van der Waals surface area contributed by atoms with E-state index < -0.39 is 0 Å². The second-order valence-corrected chi connectivity index (χ2v) is 6.35. The van der Waals surface area contributed by atoms with E-state index in [-0.39, 0.29) is 12.1 Å². The highest BCUT2D eigenvalue weighted by Gasteiger charge is 2.16. The number of aromatic nitrogens is 2. The molecule has 1 atom stereocenters. The molecular weight excluding hydrogens is 298 g/mol. The summed E-state index contributed by atoms with van der Waals surface area (Å²) in [6.07, 6.45) is 2.09. The summed E-state index contributed by atoms with van der Waals surface area (Å²) in [5.74, 6) is 0. The highest BCUT2D eigenvalue weighted by atomic mass is 32.1. The van der Waals surface area contributed by atoms with E-state index in [1.807, 2.05) is 31.2 Å². The first-order chi connectivity index (χ1) is 10.7. The lowest BCUT2D eigenvalue weighted by atomic mass is 10.1. The number of carbonyl (C=O) groups excluding carboxylic acids is 1. The molecule has 1 fully saturated rings. The van der Waals surface area contributed by atoms with Crippen LogP contribution in [0.4, 0.5) is 9.93 Å². The first-order valence-electron chi connectivity index (χ1n) is 7.40. The highest BCUT2D eigenvalue weighted by molar-refractivity contribution is 7.18. The van der Waals surface area contributed by atoms with Gasteiger partial charge in [-0.15, -0.1) is 10.2 Å². The molecule has 0 saturated carbocycles. The van der Waals surface area contributed by atoms with E-state index in [0.29, 0.717) is 5.13 Å². The topological polar surface area (TPSA) is 78.9 Å². The number of aryl methyl sites for hydroxylation is 1. The third kappa shape index (κ3) is 3.61. The maximum Gasteiger partial charge on any atom is 0.321 e. The van der Waals surface area contributed by atoms with Gasteiger partial charge in [-0.25, -0.2) is 4.79 Å². The minimum absolute atomic E-state index is 0.178. The van der Waals surface area contributed by atoms with Crippen molar-refractivity contribution in [3.05, 3.63) is 29.8 Å². The van der Waals surface area contributed by atoms with E-state index in [4.69, 9.17) is 0 Å². The predicted octanol–water partition coefficient (Wildman–Crippen LogP) is 2.39. The van der Waals surface area contributed by atoms with Crippen LogP contribution in [0.15, 0.2) is 24.3 Å². The van der Waals surface area contributed by atoms with Gasteiger partial charge in [0.1, 0.15) is 5.01 Å². The summed E-state index contributed by atoms with van der Waals surface area (Å²) in [6, 6.07) is 7.96. The molecule has 2 aromatic rings. The molecule has 0 unspecified atom stereocenters. The van der Waals surface area contributed by atoms with E-state index in [1.54, 1.807) is 0 Å². The third-order valence-electron chi connectivity index (χ3n) is 3.65. The molecule has 1 aromatic heterocycles.